The molecule has 0 aliphatic carbocycles. The largest absolute Gasteiger partial charge is 0.391 e. The quantitative estimate of drug-likeness (QED) is 0.442. The van der Waals surface area contributed by atoms with Crippen molar-refractivity contribution >= 4 is 0 Å². The summed E-state index contributed by atoms with van der Waals surface area (Å²) in [6.07, 6.45) is -7.48. The van der Waals surface area contributed by atoms with E-state index in [1.807, 2.05) is 0 Å². The van der Waals surface area contributed by atoms with Crippen LogP contribution in [0.15, 0.2) is 23.3 Å². The molecule has 0 unspecified atom stereocenters. The van der Waals surface area contributed by atoms with Crippen molar-refractivity contribution in [2.75, 3.05) is 0 Å². The second-order valence-electron chi connectivity index (χ2n) is 4.13. The van der Waals surface area contributed by atoms with Crippen LogP contribution in [0.25, 0.3) is 10.4 Å². The summed E-state index contributed by atoms with van der Waals surface area (Å²) in [5, 5.41) is 3.37. The van der Waals surface area contributed by atoms with E-state index in [2.05, 4.69) is 10.0 Å². The summed E-state index contributed by atoms with van der Waals surface area (Å²) in [4.78, 5) is 2.59. The van der Waals surface area contributed by atoms with Gasteiger partial charge in [-0.05, 0) is 23.6 Å². The highest BCUT2D eigenvalue weighted by Crippen LogP contribution is 2.45. The molecule has 0 spiro atoms. The normalized spacial score (nSPS) is 22.4. The van der Waals surface area contributed by atoms with Gasteiger partial charge in [0, 0.05) is 4.91 Å². The van der Waals surface area contributed by atoms with E-state index in [0.29, 0.717) is 11.1 Å². The van der Waals surface area contributed by atoms with E-state index in [1.54, 1.807) is 25.1 Å². The molecule has 0 saturated carbocycles. The lowest BCUT2D eigenvalue weighted by Crippen LogP contribution is -2.13. The van der Waals surface area contributed by atoms with Crippen LogP contribution in [-0.2, 0) is 4.74 Å². The predicted molar refractivity (Wildman–Crippen MR) is 57.6 cm³/mol. The lowest BCUT2D eigenvalue weighted by atomic mass is 10.00. The fraction of sp³-hybridized carbons (Fsp3) is 0.455. The van der Waals surface area contributed by atoms with Gasteiger partial charge in [-0.3, -0.25) is 0 Å². The third kappa shape index (κ3) is 2.57. The summed E-state index contributed by atoms with van der Waals surface area (Å²) in [6.45, 7) is 1.78. The van der Waals surface area contributed by atoms with Gasteiger partial charge in [0.1, 0.15) is 0 Å². The summed E-state index contributed by atoms with van der Waals surface area (Å²) in [6, 6.07) is 5.02. The lowest BCUT2D eigenvalue weighted by molar-refractivity contribution is -0.164. The van der Waals surface area contributed by atoms with Crippen molar-refractivity contribution in [3.8, 4) is 0 Å². The molecule has 1 aromatic rings. The number of rotatable bonds is 2. The molecule has 1 heterocycles. The number of aryl methyl sites for hydroxylation is 1. The summed E-state index contributed by atoms with van der Waals surface area (Å²) in [7, 11) is 0. The molecule has 1 aliphatic rings. The van der Waals surface area contributed by atoms with Crippen molar-refractivity contribution < 1.29 is 17.9 Å². The van der Waals surface area contributed by atoms with E-state index in [0.717, 1.165) is 5.56 Å². The molecule has 96 valence electrons. The molecular formula is C11H10F3N3O. The van der Waals surface area contributed by atoms with E-state index in [9.17, 15) is 13.2 Å². The van der Waals surface area contributed by atoms with Gasteiger partial charge in [-0.2, -0.15) is 13.2 Å². The van der Waals surface area contributed by atoms with Gasteiger partial charge in [-0.25, -0.2) is 0 Å². The zero-order valence-corrected chi connectivity index (χ0v) is 9.48. The van der Waals surface area contributed by atoms with Crippen molar-refractivity contribution in [2.24, 2.45) is 5.11 Å². The molecule has 0 saturated heterocycles. The first kappa shape index (κ1) is 12.7. The SMILES string of the molecule is Cc1ccc2c(c1)[C@H](CC(F)(F)F)O[C@@H]2N=[N+]=[N-]. The number of hydrogen-bond acceptors (Lipinski definition) is 2. The van der Waals surface area contributed by atoms with Crippen LogP contribution in [0.1, 0.15) is 35.4 Å². The summed E-state index contributed by atoms with van der Waals surface area (Å²) in [5.41, 5.74) is 10.2. The van der Waals surface area contributed by atoms with Crippen molar-refractivity contribution in [1.82, 2.24) is 0 Å². The number of fused-ring (bicyclic) bond motifs is 1. The molecule has 0 aromatic heterocycles. The first-order valence-corrected chi connectivity index (χ1v) is 5.27. The Morgan fingerprint density at radius 3 is 2.72 bits per heavy atom. The highest BCUT2D eigenvalue weighted by atomic mass is 19.4. The second kappa shape index (κ2) is 4.51. The molecule has 1 aliphatic heterocycles. The summed E-state index contributed by atoms with van der Waals surface area (Å²) in [5.74, 6) is 0. The smallest absolute Gasteiger partial charge is 0.359 e. The fourth-order valence-corrected chi connectivity index (χ4v) is 2.00. The van der Waals surface area contributed by atoms with E-state index >= 15 is 0 Å². The summed E-state index contributed by atoms with van der Waals surface area (Å²) >= 11 is 0. The van der Waals surface area contributed by atoms with Crippen LogP contribution in [0.2, 0.25) is 0 Å². The minimum atomic E-state index is -4.32. The van der Waals surface area contributed by atoms with E-state index in [1.165, 1.54) is 0 Å². The third-order valence-corrected chi connectivity index (χ3v) is 2.72. The molecule has 7 heteroatoms. The highest BCUT2D eigenvalue weighted by molar-refractivity contribution is 5.37. The Hall–Kier alpha value is -1.72. The van der Waals surface area contributed by atoms with Gasteiger partial charge in [0.05, 0.1) is 12.5 Å². The fourth-order valence-electron chi connectivity index (χ4n) is 2.00. The molecule has 0 fully saturated rings. The minimum absolute atomic E-state index is 0.449. The Morgan fingerprint density at radius 2 is 2.11 bits per heavy atom. The first-order chi connectivity index (χ1) is 8.40. The number of halogens is 3. The van der Waals surface area contributed by atoms with E-state index in [-0.39, 0.29) is 0 Å². The van der Waals surface area contributed by atoms with Gasteiger partial charge < -0.3 is 4.74 Å². The molecule has 0 N–H and O–H groups in total. The molecule has 2 atom stereocenters. The molecule has 0 radical (unpaired) electrons. The average molecular weight is 257 g/mol. The monoisotopic (exact) mass is 257 g/mol. The Morgan fingerprint density at radius 1 is 1.39 bits per heavy atom. The zero-order valence-electron chi connectivity index (χ0n) is 9.48. The molecule has 1 aromatic carbocycles. The number of nitrogens with zero attached hydrogens (tertiary/aromatic N) is 3. The second-order valence-corrected chi connectivity index (χ2v) is 4.13. The van der Waals surface area contributed by atoms with Crippen molar-refractivity contribution in [2.45, 2.75) is 31.9 Å². The minimum Gasteiger partial charge on any atom is -0.359 e. The molecule has 4 nitrogen and oxygen atoms in total. The Kier molecular flexibility index (Phi) is 3.19. The molecule has 18 heavy (non-hydrogen) atoms. The molecule has 0 amide bonds. The van der Waals surface area contributed by atoms with E-state index in [4.69, 9.17) is 10.3 Å². The van der Waals surface area contributed by atoms with Crippen LogP contribution in [-0.4, -0.2) is 6.18 Å². The molecule has 0 bridgehead atoms. The Bertz CT molecular complexity index is 509. The van der Waals surface area contributed by atoms with Crippen LogP contribution in [0.5, 0.6) is 0 Å². The predicted octanol–water partition coefficient (Wildman–Crippen LogP) is 4.33. The molecule has 2 rings (SSSR count). The lowest BCUT2D eigenvalue weighted by Gasteiger charge is -2.14. The van der Waals surface area contributed by atoms with Gasteiger partial charge in [0.25, 0.3) is 0 Å². The van der Waals surface area contributed by atoms with Crippen molar-refractivity contribution in [3.63, 3.8) is 0 Å². The van der Waals surface area contributed by atoms with Gasteiger partial charge >= 0.3 is 6.18 Å². The third-order valence-electron chi connectivity index (χ3n) is 2.72. The Labute approximate surface area is 101 Å². The van der Waals surface area contributed by atoms with Crippen LogP contribution < -0.4 is 0 Å². The maximum absolute atomic E-state index is 12.4. The summed E-state index contributed by atoms with van der Waals surface area (Å²) < 4.78 is 42.5. The maximum atomic E-state index is 12.4. The number of azide groups is 1. The highest BCUT2D eigenvalue weighted by Gasteiger charge is 2.39. The van der Waals surface area contributed by atoms with Gasteiger partial charge in [-0.15, -0.1) is 0 Å². The number of hydrogen-bond donors (Lipinski definition) is 0. The topological polar surface area (TPSA) is 58.0 Å². The van der Waals surface area contributed by atoms with Gasteiger partial charge in [-0.1, -0.05) is 28.9 Å². The van der Waals surface area contributed by atoms with Crippen molar-refractivity contribution in [3.05, 3.63) is 45.3 Å². The van der Waals surface area contributed by atoms with Crippen LogP contribution in [0.4, 0.5) is 13.2 Å². The van der Waals surface area contributed by atoms with Gasteiger partial charge in [0.2, 0.25) is 0 Å². The number of alkyl halides is 3. The van der Waals surface area contributed by atoms with Crippen LogP contribution in [0, 0.1) is 6.92 Å². The number of benzene rings is 1. The van der Waals surface area contributed by atoms with Crippen LogP contribution in [0.3, 0.4) is 0 Å². The van der Waals surface area contributed by atoms with Gasteiger partial charge in [0.15, 0.2) is 6.23 Å². The average Bonchev–Trinajstić information content (AvgIpc) is 2.55. The maximum Gasteiger partial charge on any atom is 0.391 e. The standard InChI is InChI=1S/C11H10F3N3O/c1-6-2-3-7-8(4-6)9(5-11(12,13)14)18-10(7)16-17-15/h2-4,9-10H,5H2,1H3/t9-,10-/m0/s1. The van der Waals surface area contributed by atoms with E-state index < -0.39 is 24.9 Å². The Balaban J connectivity index is 2.37. The van der Waals surface area contributed by atoms with Crippen LogP contribution >= 0.6 is 0 Å². The first-order valence-electron chi connectivity index (χ1n) is 5.27. The number of ether oxygens (including phenoxy) is 1. The molecular weight excluding hydrogens is 247 g/mol. The zero-order chi connectivity index (χ0) is 13.3. The van der Waals surface area contributed by atoms with Crippen molar-refractivity contribution in [1.29, 1.82) is 0 Å².